The first kappa shape index (κ1) is 28.0. The average Bonchev–Trinajstić information content (AvgIpc) is 3.40. The van der Waals surface area contributed by atoms with Crippen molar-refractivity contribution < 1.29 is 19.1 Å². The molecule has 0 saturated carbocycles. The monoisotopic (exact) mass is 557 g/mol. The summed E-state index contributed by atoms with van der Waals surface area (Å²) < 4.78 is 11.6. The number of hydrogen-bond donors (Lipinski definition) is 3. The largest absolute Gasteiger partial charge is 0.456 e. The number of ether oxygens (including phenoxy) is 2. The van der Waals surface area contributed by atoms with Crippen molar-refractivity contribution in [1.29, 1.82) is 0 Å². The summed E-state index contributed by atoms with van der Waals surface area (Å²) in [5.41, 5.74) is 14.0. The van der Waals surface area contributed by atoms with Crippen LogP contribution in [0.4, 0.5) is 11.6 Å². The number of likely N-dealkylation sites (tertiary alicyclic amines) is 1. The van der Waals surface area contributed by atoms with E-state index in [1.807, 2.05) is 24.8 Å². The van der Waals surface area contributed by atoms with Crippen molar-refractivity contribution in [3.63, 3.8) is 0 Å². The number of carbonyl (C=O) groups is 2. The standard InChI is InChI=1S/C30H35N7O4/c1-19-9-12-33-24(16-19)36-28(38)20-5-7-22(8-6-20)41-23-10-13-34-26(31)25(23)27(32)35-21-4-3-14-37(17-21)29(39)30(2)11-15-40-18-30/h5-10,12-13,16,21H,3-4,11,14-15,17-18H2,1-2H3,(H2,31,34)(H2,32,35)(H,33,36,38)/t21-,30?/m1/s1. The summed E-state index contributed by atoms with van der Waals surface area (Å²) in [6.07, 6.45) is 5.53. The molecule has 5 N–H and O–H groups in total. The summed E-state index contributed by atoms with van der Waals surface area (Å²) in [5.74, 6) is 1.55. The Morgan fingerprint density at radius 2 is 1.95 bits per heavy atom. The van der Waals surface area contributed by atoms with Crippen LogP contribution in [-0.2, 0) is 9.53 Å². The molecule has 4 heterocycles. The Kier molecular flexibility index (Phi) is 8.16. The Morgan fingerprint density at radius 1 is 1.17 bits per heavy atom. The molecule has 1 aromatic carbocycles. The van der Waals surface area contributed by atoms with Gasteiger partial charge in [0.25, 0.3) is 5.91 Å². The van der Waals surface area contributed by atoms with Crippen LogP contribution >= 0.6 is 0 Å². The molecular weight excluding hydrogens is 522 g/mol. The van der Waals surface area contributed by atoms with Crippen LogP contribution in [0.3, 0.4) is 0 Å². The summed E-state index contributed by atoms with van der Waals surface area (Å²) in [6.45, 7) is 6.12. The van der Waals surface area contributed by atoms with Gasteiger partial charge >= 0.3 is 0 Å². The van der Waals surface area contributed by atoms with E-state index in [0.29, 0.717) is 54.7 Å². The van der Waals surface area contributed by atoms with Gasteiger partial charge in [0, 0.05) is 43.7 Å². The van der Waals surface area contributed by atoms with Crippen molar-refractivity contribution >= 4 is 29.3 Å². The predicted molar refractivity (Wildman–Crippen MR) is 156 cm³/mol. The van der Waals surface area contributed by atoms with Crippen LogP contribution in [0, 0.1) is 12.3 Å². The number of rotatable bonds is 7. The molecule has 2 aliphatic heterocycles. The number of nitrogens with one attached hydrogen (secondary N) is 1. The van der Waals surface area contributed by atoms with Crippen LogP contribution in [-0.4, -0.2) is 64.9 Å². The fourth-order valence-corrected chi connectivity index (χ4v) is 5.12. The maximum Gasteiger partial charge on any atom is 0.256 e. The van der Waals surface area contributed by atoms with Gasteiger partial charge in [-0.2, -0.15) is 0 Å². The lowest BCUT2D eigenvalue weighted by Gasteiger charge is -2.36. The SMILES string of the molecule is Cc1ccnc(NC(=O)c2ccc(Oc3ccnc(N)c3C(N)=N[C@@H]3CCCN(C(=O)C4(C)CCOC4)C3)cc2)c1. The molecule has 2 fully saturated rings. The van der Waals surface area contributed by atoms with Gasteiger partial charge in [-0.05, 0) is 75.1 Å². The zero-order chi connectivity index (χ0) is 29.0. The third-order valence-electron chi connectivity index (χ3n) is 7.44. The van der Waals surface area contributed by atoms with Crippen LogP contribution in [0.2, 0.25) is 0 Å². The van der Waals surface area contributed by atoms with Gasteiger partial charge < -0.3 is 31.2 Å². The van der Waals surface area contributed by atoms with Gasteiger partial charge in [0.2, 0.25) is 5.91 Å². The lowest BCUT2D eigenvalue weighted by molar-refractivity contribution is -0.142. The van der Waals surface area contributed by atoms with Gasteiger partial charge in [-0.1, -0.05) is 0 Å². The Hall–Kier alpha value is -4.51. The van der Waals surface area contributed by atoms with E-state index in [2.05, 4.69) is 15.3 Å². The molecule has 0 spiro atoms. The number of nitrogen functional groups attached to an aromatic ring is 1. The van der Waals surface area contributed by atoms with Gasteiger partial charge in [-0.25, -0.2) is 9.97 Å². The maximum atomic E-state index is 13.2. The van der Waals surface area contributed by atoms with Crippen LogP contribution in [0.1, 0.15) is 47.7 Å². The van der Waals surface area contributed by atoms with Gasteiger partial charge in [0.1, 0.15) is 34.5 Å². The summed E-state index contributed by atoms with van der Waals surface area (Å²) in [6, 6.07) is 11.8. The highest BCUT2D eigenvalue weighted by atomic mass is 16.5. The van der Waals surface area contributed by atoms with Crippen molar-refractivity contribution in [2.24, 2.45) is 16.1 Å². The Morgan fingerprint density at radius 3 is 2.68 bits per heavy atom. The first-order valence-electron chi connectivity index (χ1n) is 13.7. The molecule has 0 radical (unpaired) electrons. The van der Waals surface area contributed by atoms with Crippen molar-refractivity contribution in [2.45, 2.75) is 39.2 Å². The average molecular weight is 558 g/mol. The number of carbonyl (C=O) groups excluding carboxylic acids is 2. The third kappa shape index (κ3) is 6.46. The maximum absolute atomic E-state index is 13.2. The first-order valence-corrected chi connectivity index (χ1v) is 13.7. The Balaban J connectivity index is 1.28. The van der Waals surface area contributed by atoms with E-state index in [9.17, 15) is 9.59 Å². The van der Waals surface area contributed by atoms with E-state index in [1.165, 1.54) is 6.20 Å². The molecule has 1 unspecified atom stereocenters. The quantitative estimate of drug-likeness (QED) is 0.294. The number of aromatic nitrogens is 2. The molecule has 2 saturated heterocycles. The second-order valence-corrected chi connectivity index (χ2v) is 10.8. The van der Waals surface area contributed by atoms with Crippen molar-refractivity contribution in [3.8, 4) is 11.5 Å². The highest BCUT2D eigenvalue weighted by molar-refractivity contribution is 6.04. The molecule has 2 atom stereocenters. The minimum Gasteiger partial charge on any atom is -0.456 e. The normalized spacial score (nSPS) is 21.0. The molecule has 2 aromatic heterocycles. The number of piperidine rings is 1. The number of nitrogens with zero attached hydrogens (tertiary/aromatic N) is 4. The molecule has 214 valence electrons. The number of anilines is 2. The number of amidine groups is 1. The van der Waals surface area contributed by atoms with Gasteiger partial charge in [0.05, 0.1) is 18.1 Å². The molecule has 0 bridgehead atoms. The topological polar surface area (TPSA) is 158 Å². The number of hydrogen-bond acceptors (Lipinski definition) is 8. The number of pyridine rings is 2. The lowest BCUT2D eigenvalue weighted by Crippen LogP contribution is -2.48. The highest BCUT2D eigenvalue weighted by Crippen LogP contribution is 2.32. The van der Waals surface area contributed by atoms with E-state index >= 15 is 0 Å². The van der Waals surface area contributed by atoms with Crippen LogP contribution < -0.4 is 21.5 Å². The van der Waals surface area contributed by atoms with Crippen LogP contribution in [0.25, 0.3) is 0 Å². The fourth-order valence-electron chi connectivity index (χ4n) is 5.12. The minimum atomic E-state index is -0.486. The van der Waals surface area contributed by atoms with E-state index < -0.39 is 5.41 Å². The second-order valence-electron chi connectivity index (χ2n) is 10.8. The van der Waals surface area contributed by atoms with Gasteiger partial charge in [-0.3, -0.25) is 14.6 Å². The Labute approximate surface area is 239 Å². The number of amides is 2. The van der Waals surface area contributed by atoms with Gasteiger partial charge in [0.15, 0.2) is 0 Å². The van der Waals surface area contributed by atoms with E-state index in [-0.39, 0.29) is 29.5 Å². The minimum absolute atomic E-state index is 0.102. The van der Waals surface area contributed by atoms with Crippen molar-refractivity contribution in [2.75, 3.05) is 37.4 Å². The van der Waals surface area contributed by atoms with Crippen molar-refractivity contribution in [3.05, 3.63) is 71.5 Å². The van der Waals surface area contributed by atoms with E-state index in [4.69, 9.17) is 25.9 Å². The summed E-state index contributed by atoms with van der Waals surface area (Å²) in [4.78, 5) is 40.8. The predicted octanol–water partition coefficient (Wildman–Crippen LogP) is 3.53. The number of aryl methyl sites for hydroxylation is 1. The van der Waals surface area contributed by atoms with Crippen LogP contribution in [0.5, 0.6) is 11.5 Å². The number of benzene rings is 1. The summed E-state index contributed by atoms with van der Waals surface area (Å²) in [7, 11) is 0. The smallest absolute Gasteiger partial charge is 0.256 e. The molecule has 0 aliphatic carbocycles. The lowest BCUT2D eigenvalue weighted by atomic mass is 9.87. The Bertz CT molecular complexity index is 1450. The van der Waals surface area contributed by atoms with E-state index in [0.717, 1.165) is 24.8 Å². The molecule has 11 heteroatoms. The molecule has 11 nitrogen and oxygen atoms in total. The number of aliphatic imine (C=N–C) groups is 1. The first-order chi connectivity index (χ1) is 19.7. The van der Waals surface area contributed by atoms with Gasteiger partial charge in [-0.15, -0.1) is 0 Å². The van der Waals surface area contributed by atoms with Crippen molar-refractivity contribution in [1.82, 2.24) is 14.9 Å². The zero-order valence-electron chi connectivity index (χ0n) is 23.3. The molecule has 2 amide bonds. The fraction of sp³-hybridized carbons (Fsp3) is 0.367. The molecule has 3 aromatic rings. The zero-order valence-corrected chi connectivity index (χ0v) is 23.3. The molecule has 41 heavy (non-hydrogen) atoms. The second kappa shape index (κ2) is 11.9. The highest BCUT2D eigenvalue weighted by Gasteiger charge is 2.41. The summed E-state index contributed by atoms with van der Waals surface area (Å²) in [5, 5.41) is 2.79. The van der Waals surface area contributed by atoms with E-state index in [1.54, 1.807) is 42.6 Å². The summed E-state index contributed by atoms with van der Waals surface area (Å²) >= 11 is 0. The third-order valence-corrected chi connectivity index (χ3v) is 7.44. The van der Waals surface area contributed by atoms with Crippen LogP contribution in [0.15, 0.2) is 59.9 Å². The molecule has 2 aliphatic rings. The molecular formula is C30H35N7O4. The molecule has 5 rings (SSSR count). The number of nitrogens with two attached hydrogens (primary N) is 2.